The molecule has 1 aliphatic rings. The van der Waals surface area contributed by atoms with Gasteiger partial charge in [-0.2, -0.15) is 0 Å². The second kappa shape index (κ2) is 8.85. The quantitative estimate of drug-likeness (QED) is 0.619. The zero-order chi connectivity index (χ0) is 19.4. The number of nitrogens with zero attached hydrogens (tertiary/aromatic N) is 1. The lowest BCUT2D eigenvalue weighted by atomic mass is 10.1. The van der Waals surface area contributed by atoms with E-state index in [2.05, 4.69) is 13.8 Å². The van der Waals surface area contributed by atoms with Crippen molar-refractivity contribution in [3.63, 3.8) is 0 Å². The summed E-state index contributed by atoms with van der Waals surface area (Å²) in [7, 11) is 0. The van der Waals surface area contributed by atoms with E-state index < -0.39 is 0 Å². The maximum Gasteiger partial charge on any atom is 0.241 e. The highest BCUT2D eigenvalue weighted by Crippen LogP contribution is 2.32. The summed E-state index contributed by atoms with van der Waals surface area (Å²) in [6, 6.07) is 14.0. The van der Waals surface area contributed by atoms with Gasteiger partial charge in [0.15, 0.2) is 0 Å². The molecule has 1 saturated heterocycles. The van der Waals surface area contributed by atoms with Gasteiger partial charge in [0.05, 0.1) is 5.25 Å². The molecular weight excluding hydrogens is 381 g/mol. The Morgan fingerprint density at radius 1 is 1.22 bits per heavy atom. The Morgan fingerprint density at radius 2 is 2.00 bits per heavy atom. The molecule has 1 heterocycles. The van der Waals surface area contributed by atoms with Gasteiger partial charge in [0.1, 0.15) is 22.5 Å². The number of halogens is 1. The average molecular weight is 404 g/mol. The largest absolute Gasteiger partial charge is 0.489 e. The van der Waals surface area contributed by atoms with E-state index in [0.717, 1.165) is 11.1 Å². The van der Waals surface area contributed by atoms with Gasteiger partial charge in [0.25, 0.3) is 0 Å². The number of para-hydroxylation sites is 1. The van der Waals surface area contributed by atoms with Crippen LogP contribution in [0.4, 0.5) is 4.39 Å². The van der Waals surface area contributed by atoms with Crippen molar-refractivity contribution >= 4 is 34.2 Å². The van der Waals surface area contributed by atoms with E-state index in [1.807, 2.05) is 30.3 Å². The fourth-order valence-electron chi connectivity index (χ4n) is 2.96. The molecule has 3 rings (SSSR count). The zero-order valence-corrected chi connectivity index (χ0v) is 17.0. The van der Waals surface area contributed by atoms with E-state index in [4.69, 9.17) is 17.0 Å². The van der Waals surface area contributed by atoms with Crippen molar-refractivity contribution in [3.05, 3.63) is 65.5 Å². The number of thioether (sulfide) groups is 1. The summed E-state index contributed by atoms with van der Waals surface area (Å²) < 4.78 is 19.9. The minimum atomic E-state index is -0.281. The Morgan fingerprint density at radius 3 is 2.74 bits per heavy atom. The number of carbonyl (C=O) groups is 1. The van der Waals surface area contributed by atoms with Crippen LogP contribution >= 0.6 is 24.0 Å². The topological polar surface area (TPSA) is 29.5 Å². The summed E-state index contributed by atoms with van der Waals surface area (Å²) in [5.41, 5.74) is 1.72. The molecule has 2 aromatic rings. The van der Waals surface area contributed by atoms with Crippen LogP contribution in [0.2, 0.25) is 0 Å². The van der Waals surface area contributed by atoms with Gasteiger partial charge in [0.2, 0.25) is 5.91 Å². The minimum Gasteiger partial charge on any atom is -0.489 e. The molecule has 1 atom stereocenters. The average Bonchev–Trinajstić information content (AvgIpc) is 2.88. The minimum absolute atomic E-state index is 0.0682. The van der Waals surface area contributed by atoms with Gasteiger partial charge in [0, 0.05) is 6.54 Å². The van der Waals surface area contributed by atoms with Crippen LogP contribution in [0.1, 0.15) is 25.0 Å². The molecule has 0 unspecified atom stereocenters. The predicted molar refractivity (Wildman–Crippen MR) is 111 cm³/mol. The number of thiocarbonyl (C=S) groups is 1. The zero-order valence-electron chi connectivity index (χ0n) is 15.4. The molecule has 0 bridgehead atoms. The van der Waals surface area contributed by atoms with Gasteiger partial charge in [-0.1, -0.05) is 68.2 Å². The van der Waals surface area contributed by atoms with E-state index in [-0.39, 0.29) is 23.6 Å². The van der Waals surface area contributed by atoms with Gasteiger partial charge >= 0.3 is 0 Å². The van der Waals surface area contributed by atoms with Crippen molar-refractivity contribution in [1.29, 1.82) is 0 Å². The first-order valence-corrected chi connectivity index (χ1v) is 10.2. The van der Waals surface area contributed by atoms with E-state index in [1.165, 1.54) is 23.9 Å². The van der Waals surface area contributed by atoms with E-state index in [9.17, 15) is 9.18 Å². The number of ether oxygens (including phenoxy) is 1. The van der Waals surface area contributed by atoms with Crippen LogP contribution in [0.3, 0.4) is 0 Å². The molecule has 0 saturated carbocycles. The highest BCUT2D eigenvalue weighted by Gasteiger charge is 2.37. The monoisotopic (exact) mass is 403 g/mol. The lowest BCUT2D eigenvalue weighted by Gasteiger charge is -2.18. The Balaban J connectivity index is 1.69. The Bertz CT molecular complexity index is 840. The normalized spacial score (nSPS) is 17.0. The fourth-order valence-corrected chi connectivity index (χ4v) is 4.50. The van der Waals surface area contributed by atoms with Crippen molar-refractivity contribution in [1.82, 2.24) is 4.90 Å². The molecule has 0 N–H and O–H groups in total. The summed E-state index contributed by atoms with van der Waals surface area (Å²) in [4.78, 5) is 14.4. The van der Waals surface area contributed by atoms with Crippen molar-refractivity contribution in [3.8, 4) is 5.75 Å². The number of hydrogen-bond donors (Lipinski definition) is 0. The third-order valence-corrected chi connectivity index (χ3v) is 5.80. The van der Waals surface area contributed by atoms with Gasteiger partial charge in [-0.05, 0) is 41.7 Å². The molecule has 0 radical (unpaired) electrons. The number of benzene rings is 2. The van der Waals surface area contributed by atoms with Crippen molar-refractivity contribution in [2.24, 2.45) is 5.92 Å². The van der Waals surface area contributed by atoms with E-state index >= 15 is 0 Å². The van der Waals surface area contributed by atoms with Crippen molar-refractivity contribution in [2.75, 3.05) is 6.54 Å². The maximum atomic E-state index is 13.3. The summed E-state index contributed by atoms with van der Waals surface area (Å²) in [5, 5.41) is -0.227. The van der Waals surface area contributed by atoms with Gasteiger partial charge < -0.3 is 4.74 Å². The molecule has 6 heteroatoms. The molecule has 1 amide bonds. The summed E-state index contributed by atoms with van der Waals surface area (Å²) in [5.74, 6) is 0.867. The molecule has 0 aromatic heterocycles. The SMILES string of the molecule is CC(C)CN1C(=O)[C@@H](Cc2ccccc2OCc2cccc(F)c2)SC1=S. The molecule has 2 aromatic carbocycles. The van der Waals surface area contributed by atoms with Crippen molar-refractivity contribution in [2.45, 2.75) is 32.1 Å². The smallest absolute Gasteiger partial charge is 0.241 e. The van der Waals surface area contributed by atoms with Crippen LogP contribution in [-0.2, 0) is 17.8 Å². The summed E-state index contributed by atoms with van der Waals surface area (Å²) in [6.45, 7) is 5.07. The molecule has 1 aliphatic heterocycles. The second-order valence-electron chi connectivity index (χ2n) is 6.95. The molecular formula is C21H22FNO2S2. The Hall–Kier alpha value is -1.92. The first-order chi connectivity index (χ1) is 12.9. The highest BCUT2D eigenvalue weighted by atomic mass is 32.2. The standard InChI is InChI=1S/C21H22FNO2S2/c1-14(2)12-23-20(24)19(27-21(23)26)11-16-7-3-4-9-18(16)25-13-15-6-5-8-17(22)10-15/h3-10,14,19H,11-13H2,1-2H3/t19-/m1/s1. The molecule has 3 nitrogen and oxygen atoms in total. The number of hydrogen-bond acceptors (Lipinski definition) is 4. The van der Waals surface area contributed by atoms with Gasteiger partial charge in [-0.15, -0.1) is 0 Å². The predicted octanol–water partition coefficient (Wildman–Crippen LogP) is 4.83. The molecule has 1 fully saturated rings. The van der Waals surface area contributed by atoms with E-state index in [1.54, 1.807) is 11.0 Å². The third kappa shape index (κ3) is 5.08. The van der Waals surface area contributed by atoms with Crippen LogP contribution in [0.15, 0.2) is 48.5 Å². The second-order valence-corrected chi connectivity index (χ2v) is 8.78. The number of rotatable bonds is 7. The van der Waals surface area contributed by atoms with Crippen LogP contribution in [0.25, 0.3) is 0 Å². The molecule has 142 valence electrons. The fraction of sp³-hybridized carbons (Fsp3) is 0.333. The highest BCUT2D eigenvalue weighted by molar-refractivity contribution is 8.24. The Labute approximate surface area is 168 Å². The lowest BCUT2D eigenvalue weighted by molar-refractivity contribution is -0.126. The van der Waals surface area contributed by atoms with Crippen LogP contribution in [0.5, 0.6) is 5.75 Å². The number of amides is 1. The van der Waals surface area contributed by atoms with Gasteiger partial charge in [-0.3, -0.25) is 9.69 Å². The summed E-state index contributed by atoms with van der Waals surface area (Å²) in [6.07, 6.45) is 0.553. The molecule has 0 spiro atoms. The van der Waals surface area contributed by atoms with Gasteiger partial charge in [-0.25, -0.2) is 4.39 Å². The maximum absolute atomic E-state index is 13.3. The van der Waals surface area contributed by atoms with Crippen molar-refractivity contribution < 1.29 is 13.9 Å². The summed E-state index contributed by atoms with van der Waals surface area (Å²) >= 11 is 6.84. The van der Waals surface area contributed by atoms with Crippen LogP contribution in [-0.4, -0.2) is 26.9 Å². The van der Waals surface area contributed by atoms with E-state index in [0.29, 0.717) is 29.0 Å². The number of carbonyl (C=O) groups excluding carboxylic acids is 1. The van der Waals surface area contributed by atoms with Crippen LogP contribution < -0.4 is 4.74 Å². The lowest BCUT2D eigenvalue weighted by Crippen LogP contribution is -2.34. The molecule has 27 heavy (non-hydrogen) atoms. The third-order valence-electron chi connectivity index (χ3n) is 4.21. The molecule has 0 aliphatic carbocycles. The van der Waals surface area contributed by atoms with Crippen LogP contribution in [0, 0.1) is 11.7 Å². The Kier molecular flexibility index (Phi) is 6.50. The first kappa shape index (κ1) is 19.8. The first-order valence-electron chi connectivity index (χ1n) is 8.91.